The fourth-order valence-corrected chi connectivity index (χ4v) is 6.00. The van der Waals surface area contributed by atoms with E-state index in [0.29, 0.717) is 4.88 Å². The van der Waals surface area contributed by atoms with Crippen LogP contribution in [0.1, 0.15) is 28.9 Å². The Morgan fingerprint density at radius 2 is 1.62 bits per heavy atom. The van der Waals surface area contributed by atoms with E-state index in [0.717, 1.165) is 53.4 Å². The average molecular weight is 450 g/mol. The van der Waals surface area contributed by atoms with Crippen LogP contribution in [-0.2, 0) is 4.74 Å². The molecule has 2 bridgehead atoms. The van der Waals surface area contributed by atoms with Gasteiger partial charge in [0, 0.05) is 23.5 Å². The molecule has 4 fully saturated rings. The fraction of sp³-hybridized carbons (Fsp3) is 0.423. The maximum atomic E-state index is 11.5. The third-order valence-corrected chi connectivity index (χ3v) is 8.10. The summed E-state index contributed by atoms with van der Waals surface area (Å²) in [4.78, 5) is 17.0. The summed E-state index contributed by atoms with van der Waals surface area (Å²) in [5.74, 6) is 0.741. The molecule has 4 saturated heterocycles. The van der Waals surface area contributed by atoms with Gasteiger partial charge in [-0.15, -0.1) is 11.3 Å². The number of ether oxygens (including phenoxy) is 1. The fourth-order valence-electron chi connectivity index (χ4n) is 4.95. The van der Waals surface area contributed by atoms with Gasteiger partial charge in [-0.25, -0.2) is 0 Å². The minimum Gasteiger partial charge on any atom is -0.378 e. The zero-order valence-electron chi connectivity index (χ0n) is 18.5. The monoisotopic (exact) mass is 449 g/mol. The molecule has 32 heavy (non-hydrogen) atoms. The summed E-state index contributed by atoms with van der Waals surface area (Å²) in [6.45, 7) is 7.61. The molecule has 0 saturated carbocycles. The number of piperidine rings is 3. The molecule has 4 aliphatic heterocycles. The van der Waals surface area contributed by atoms with E-state index in [1.807, 2.05) is 18.2 Å². The van der Waals surface area contributed by atoms with Crippen LogP contribution >= 0.6 is 11.3 Å². The smallest absolute Gasteiger partial charge is 0.258 e. The van der Waals surface area contributed by atoms with Gasteiger partial charge in [0.25, 0.3) is 5.91 Å². The van der Waals surface area contributed by atoms with Gasteiger partial charge in [-0.1, -0.05) is 30.3 Å². The minimum atomic E-state index is -0.371. The van der Waals surface area contributed by atoms with Gasteiger partial charge >= 0.3 is 0 Å². The molecule has 2 aromatic carbocycles. The molecule has 6 heteroatoms. The summed E-state index contributed by atoms with van der Waals surface area (Å²) in [5.41, 5.74) is 8.93. The van der Waals surface area contributed by atoms with Gasteiger partial charge in [-0.05, 0) is 79.5 Å². The van der Waals surface area contributed by atoms with E-state index in [2.05, 4.69) is 40.1 Å². The van der Waals surface area contributed by atoms with Crippen LogP contribution in [0, 0.1) is 5.92 Å². The average Bonchev–Trinajstić information content (AvgIpc) is 3.32. The second-order valence-corrected chi connectivity index (χ2v) is 9.97. The van der Waals surface area contributed by atoms with Gasteiger partial charge < -0.3 is 20.3 Å². The highest BCUT2D eigenvalue weighted by Gasteiger charge is 2.24. The number of nitrogens with zero attached hydrogens (tertiary/aromatic N) is 2. The van der Waals surface area contributed by atoms with Crippen molar-refractivity contribution in [2.75, 3.05) is 50.8 Å². The number of benzene rings is 2. The minimum absolute atomic E-state index is 0.371. The second-order valence-electron chi connectivity index (χ2n) is 8.92. The van der Waals surface area contributed by atoms with Crippen LogP contribution in [0.25, 0.3) is 21.2 Å². The van der Waals surface area contributed by atoms with Crippen LogP contribution in [0.2, 0.25) is 0 Å². The van der Waals surface area contributed by atoms with Crippen LogP contribution in [0.4, 0.5) is 5.69 Å². The number of hydrogen-bond acceptors (Lipinski definition) is 5. The maximum absolute atomic E-state index is 11.5. The number of primary amides is 1. The van der Waals surface area contributed by atoms with E-state index in [-0.39, 0.29) is 5.91 Å². The molecule has 3 aromatic rings. The van der Waals surface area contributed by atoms with Crippen molar-refractivity contribution in [2.24, 2.45) is 11.7 Å². The number of amides is 1. The third-order valence-electron chi connectivity index (χ3n) is 6.90. The number of morpholine rings is 1. The number of anilines is 1. The summed E-state index contributed by atoms with van der Waals surface area (Å²) in [6, 6.07) is 16.6. The predicted molar refractivity (Wildman–Crippen MR) is 133 cm³/mol. The van der Waals surface area contributed by atoms with Crippen molar-refractivity contribution in [1.29, 1.82) is 0 Å². The molecule has 0 spiro atoms. The second kappa shape index (κ2) is 9.61. The summed E-state index contributed by atoms with van der Waals surface area (Å²) in [6.07, 6.45) is 4.46. The molecule has 5 heterocycles. The van der Waals surface area contributed by atoms with E-state index >= 15 is 0 Å². The van der Waals surface area contributed by atoms with E-state index in [1.165, 1.54) is 55.9 Å². The van der Waals surface area contributed by atoms with E-state index in [4.69, 9.17) is 10.5 Å². The van der Waals surface area contributed by atoms with Crippen LogP contribution < -0.4 is 10.6 Å². The molecule has 0 atom stereocenters. The van der Waals surface area contributed by atoms with Crippen molar-refractivity contribution in [1.82, 2.24) is 4.90 Å². The molecule has 7 rings (SSSR count). The van der Waals surface area contributed by atoms with Crippen molar-refractivity contribution in [3.63, 3.8) is 0 Å². The number of thiophene rings is 1. The summed E-state index contributed by atoms with van der Waals surface area (Å²) < 4.78 is 6.51. The molecule has 4 aliphatic rings. The summed E-state index contributed by atoms with van der Waals surface area (Å²) in [7, 11) is 0. The first-order valence-corrected chi connectivity index (χ1v) is 12.5. The highest BCUT2D eigenvalue weighted by Crippen LogP contribution is 2.35. The first kappa shape index (κ1) is 21.4. The first-order valence-electron chi connectivity index (χ1n) is 11.7. The molecule has 0 radical (unpaired) electrons. The topological polar surface area (TPSA) is 58.8 Å². The maximum Gasteiger partial charge on any atom is 0.258 e. The van der Waals surface area contributed by atoms with E-state index < -0.39 is 0 Å². The van der Waals surface area contributed by atoms with E-state index in [1.54, 1.807) is 0 Å². The lowest BCUT2D eigenvalue weighted by Gasteiger charge is -2.38. The van der Waals surface area contributed by atoms with Crippen LogP contribution in [-0.4, -0.2) is 56.7 Å². The molecule has 1 aromatic heterocycles. The molecule has 0 aliphatic carbocycles. The van der Waals surface area contributed by atoms with Crippen LogP contribution in [0.15, 0.2) is 48.5 Å². The molecule has 1 amide bonds. The largest absolute Gasteiger partial charge is 0.378 e. The molecular formula is C26H31N3O2S. The summed E-state index contributed by atoms with van der Waals surface area (Å²) in [5, 5.41) is 1.06. The number of rotatable bonds is 3. The predicted octanol–water partition coefficient (Wildman–Crippen LogP) is 4.61. The number of carbonyl (C=O) groups excluding carboxylic acids is 1. The lowest BCUT2D eigenvalue weighted by Crippen LogP contribution is -2.41. The van der Waals surface area contributed by atoms with Gasteiger partial charge in [0.2, 0.25) is 0 Å². The number of nitrogens with two attached hydrogens (primary N) is 1. The molecular weight excluding hydrogens is 418 g/mol. The van der Waals surface area contributed by atoms with Gasteiger partial charge in [0.1, 0.15) is 0 Å². The Kier molecular flexibility index (Phi) is 6.44. The number of hydrogen-bond donors (Lipinski definition) is 1. The highest BCUT2D eigenvalue weighted by atomic mass is 32.1. The van der Waals surface area contributed by atoms with Crippen LogP contribution in [0.5, 0.6) is 0 Å². The SMILES string of the molecule is C1CN2CCC1CC2.NC(=O)c1cc2cccc(-c3ccc(N4CCOCC4)cc3)c2s1. The zero-order chi connectivity index (χ0) is 21.9. The lowest BCUT2D eigenvalue weighted by atomic mass is 9.89. The highest BCUT2D eigenvalue weighted by molar-refractivity contribution is 7.21. The molecule has 168 valence electrons. The molecule has 2 N–H and O–H groups in total. The third kappa shape index (κ3) is 4.68. The standard InChI is InChI=1S/C19H18N2O2S.C7H13N/c20-19(22)17-12-14-2-1-3-16(18(14)24-17)13-4-6-15(7-5-13)21-8-10-23-11-9-21;1-4-8-5-2-7(1)3-6-8/h1-7,12H,8-11H2,(H2,20,22);7H,1-6H2. The van der Waals surface area contributed by atoms with Crippen molar-refractivity contribution in [3.05, 3.63) is 53.4 Å². The Balaban J connectivity index is 0.000000225. The Morgan fingerprint density at radius 1 is 0.938 bits per heavy atom. The van der Waals surface area contributed by atoms with Gasteiger partial charge in [0.05, 0.1) is 18.1 Å². The van der Waals surface area contributed by atoms with Crippen molar-refractivity contribution in [3.8, 4) is 11.1 Å². The molecule has 5 nitrogen and oxygen atoms in total. The summed E-state index contributed by atoms with van der Waals surface area (Å²) >= 11 is 1.46. The van der Waals surface area contributed by atoms with Crippen molar-refractivity contribution >= 4 is 33.0 Å². The normalized spacial score (nSPS) is 22.4. The van der Waals surface area contributed by atoms with Crippen molar-refractivity contribution < 1.29 is 9.53 Å². The van der Waals surface area contributed by atoms with Crippen molar-refractivity contribution in [2.45, 2.75) is 19.3 Å². The first-order chi connectivity index (χ1) is 15.7. The zero-order valence-corrected chi connectivity index (χ0v) is 19.3. The van der Waals surface area contributed by atoms with Gasteiger partial charge in [-0.2, -0.15) is 0 Å². The van der Waals surface area contributed by atoms with E-state index in [9.17, 15) is 4.79 Å². The Labute approximate surface area is 193 Å². The Hall–Kier alpha value is -2.41. The van der Waals surface area contributed by atoms with Crippen LogP contribution in [0.3, 0.4) is 0 Å². The quantitative estimate of drug-likeness (QED) is 0.635. The Morgan fingerprint density at radius 3 is 2.19 bits per heavy atom. The Bertz CT molecular complexity index is 1040. The number of fused-ring (bicyclic) bond motifs is 4. The van der Waals surface area contributed by atoms with Gasteiger partial charge in [0.15, 0.2) is 0 Å². The molecule has 0 unspecified atom stereocenters. The van der Waals surface area contributed by atoms with Gasteiger partial charge in [-0.3, -0.25) is 4.79 Å². The lowest BCUT2D eigenvalue weighted by molar-refractivity contribution is 0.100. The number of carbonyl (C=O) groups is 1.